The van der Waals surface area contributed by atoms with Gasteiger partial charge in [-0.25, -0.2) is 0 Å². The highest BCUT2D eigenvalue weighted by Crippen LogP contribution is 2.28. The minimum atomic E-state index is 0.398. The molecule has 100 valence electrons. The third-order valence-electron chi connectivity index (χ3n) is 2.61. The molecular formula is C15H16ClNO2. The molecule has 0 amide bonds. The molecule has 4 heteroatoms. The second-order valence-corrected chi connectivity index (χ2v) is 4.35. The maximum atomic E-state index is 6.08. The number of para-hydroxylation sites is 2. The molecule has 0 aliphatic rings. The molecule has 0 unspecified atom stereocenters. The van der Waals surface area contributed by atoms with E-state index in [1.54, 1.807) is 6.07 Å². The Balaban J connectivity index is 1.86. The second kappa shape index (κ2) is 7.02. The fraction of sp³-hybridized carbons (Fsp3) is 0.200. The quantitative estimate of drug-likeness (QED) is 0.825. The first kappa shape index (κ1) is 13.7. The van der Waals surface area contributed by atoms with Crippen molar-refractivity contribution in [2.24, 2.45) is 5.73 Å². The van der Waals surface area contributed by atoms with E-state index < -0.39 is 0 Å². The Morgan fingerprint density at radius 1 is 0.895 bits per heavy atom. The van der Waals surface area contributed by atoms with Crippen LogP contribution in [-0.4, -0.2) is 13.2 Å². The SMILES string of the molecule is NCc1cccc(Cl)c1OCCOc1ccccc1. The summed E-state index contributed by atoms with van der Waals surface area (Å²) in [6, 6.07) is 15.2. The largest absolute Gasteiger partial charge is 0.490 e. The Morgan fingerprint density at radius 2 is 1.63 bits per heavy atom. The van der Waals surface area contributed by atoms with Gasteiger partial charge >= 0.3 is 0 Å². The first-order valence-electron chi connectivity index (χ1n) is 6.09. The van der Waals surface area contributed by atoms with Crippen LogP contribution in [0, 0.1) is 0 Å². The van der Waals surface area contributed by atoms with Crippen LogP contribution in [0.1, 0.15) is 5.56 Å². The van der Waals surface area contributed by atoms with Crippen LogP contribution in [0.2, 0.25) is 5.02 Å². The highest BCUT2D eigenvalue weighted by molar-refractivity contribution is 6.32. The third-order valence-corrected chi connectivity index (χ3v) is 2.91. The van der Waals surface area contributed by atoms with Gasteiger partial charge in [0, 0.05) is 12.1 Å². The summed E-state index contributed by atoms with van der Waals surface area (Å²) in [7, 11) is 0. The van der Waals surface area contributed by atoms with Gasteiger partial charge in [-0.3, -0.25) is 0 Å². The molecule has 0 aliphatic heterocycles. The predicted octanol–water partition coefficient (Wildman–Crippen LogP) is 3.26. The van der Waals surface area contributed by atoms with E-state index in [4.69, 9.17) is 26.8 Å². The van der Waals surface area contributed by atoms with Crippen LogP contribution in [0.5, 0.6) is 11.5 Å². The highest BCUT2D eigenvalue weighted by Gasteiger charge is 2.06. The summed E-state index contributed by atoms with van der Waals surface area (Å²) >= 11 is 6.08. The van der Waals surface area contributed by atoms with Crippen LogP contribution in [0.15, 0.2) is 48.5 Å². The molecule has 0 aliphatic carbocycles. The van der Waals surface area contributed by atoms with Gasteiger partial charge in [0.05, 0.1) is 5.02 Å². The average molecular weight is 278 g/mol. The lowest BCUT2D eigenvalue weighted by atomic mass is 10.2. The smallest absolute Gasteiger partial charge is 0.142 e. The van der Waals surface area contributed by atoms with Crippen LogP contribution < -0.4 is 15.2 Å². The fourth-order valence-electron chi connectivity index (χ4n) is 1.70. The van der Waals surface area contributed by atoms with Gasteiger partial charge < -0.3 is 15.2 Å². The van der Waals surface area contributed by atoms with Crippen LogP contribution in [0.3, 0.4) is 0 Å². The lowest BCUT2D eigenvalue weighted by Crippen LogP contribution is -2.11. The van der Waals surface area contributed by atoms with Crippen molar-refractivity contribution in [2.45, 2.75) is 6.54 Å². The molecule has 0 heterocycles. The van der Waals surface area contributed by atoms with Crippen LogP contribution in [0.25, 0.3) is 0 Å². The van der Waals surface area contributed by atoms with Crippen LogP contribution >= 0.6 is 11.6 Å². The summed E-state index contributed by atoms with van der Waals surface area (Å²) in [5.41, 5.74) is 6.54. The number of ether oxygens (including phenoxy) is 2. The third kappa shape index (κ3) is 3.88. The van der Waals surface area contributed by atoms with E-state index in [1.807, 2.05) is 42.5 Å². The molecule has 0 saturated carbocycles. The topological polar surface area (TPSA) is 44.5 Å². The molecule has 3 nitrogen and oxygen atoms in total. The van der Waals surface area contributed by atoms with Gasteiger partial charge in [-0.05, 0) is 18.2 Å². The first-order valence-corrected chi connectivity index (χ1v) is 6.47. The summed E-state index contributed by atoms with van der Waals surface area (Å²) in [6.07, 6.45) is 0. The fourth-order valence-corrected chi connectivity index (χ4v) is 1.94. The maximum Gasteiger partial charge on any atom is 0.142 e. The van der Waals surface area contributed by atoms with Gasteiger partial charge in [-0.15, -0.1) is 0 Å². The van der Waals surface area contributed by atoms with Crippen molar-refractivity contribution in [3.63, 3.8) is 0 Å². The summed E-state index contributed by atoms with van der Waals surface area (Å²) in [4.78, 5) is 0. The van der Waals surface area contributed by atoms with Gasteiger partial charge in [-0.2, -0.15) is 0 Å². The number of hydrogen-bond donors (Lipinski definition) is 1. The van der Waals surface area contributed by atoms with Gasteiger partial charge in [0.1, 0.15) is 24.7 Å². The molecule has 0 radical (unpaired) electrons. The molecule has 0 spiro atoms. The molecule has 0 bridgehead atoms. The van der Waals surface area contributed by atoms with E-state index in [1.165, 1.54) is 0 Å². The molecule has 2 aromatic rings. The lowest BCUT2D eigenvalue weighted by Gasteiger charge is -2.12. The summed E-state index contributed by atoms with van der Waals surface area (Å²) in [5.74, 6) is 1.47. The Kier molecular flexibility index (Phi) is 5.07. The van der Waals surface area contributed by atoms with Crippen LogP contribution in [0.4, 0.5) is 0 Å². The number of benzene rings is 2. The first-order chi connectivity index (χ1) is 9.31. The lowest BCUT2D eigenvalue weighted by molar-refractivity contribution is 0.216. The predicted molar refractivity (Wildman–Crippen MR) is 76.8 cm³/mol. The molecule has 0 atom stereocenters. The van der Waals surface area contributed by atoms with Crippen molar-refractivity contribution < 1.29 is 9.47 Å². The molecule has 0 fully saturated rings. The van der Waals surface area contributed by atoms with E-state index in [9.17, 15) is 0 Å². The molecule has 2 N–H and O–H groups in total. The van der Waals surface area contributed by atoms with Gasteiger partial charge in [-0.1, -0.05) is 41.9 Å². The zero-order chi connectivity index (χ0) is 13.5. The second-order valence-electron chi connectivity index (χ2n) is 3.94. The zero-order valence-corrected chi connectivity index (χ0v) is 11.3. The molecular weight excluding hydrogens is 262 g/mol. The summed E-state index contributed by atoms with van der Waals surface area (Å²) < 4.78 is 11.2. The molecule has 0 aromatic heterocycles. The summed E-state index contributed by atoms with van der Waals surface area (Å²) in [6.45, 7) is 1.28. The van der Waals surface area contributed by atoms with Crippen molar-refractivity contribution >= 4 is 11.6 Å². The number of nitrogens with two attached hydrogens (primary N) is 1. The van der Waals surface area contributed by atoms with Gasteiger partial charge in [0.15, 0.2) is 0 Å². The van der Waals surface area contributed by atoms with Crippen LogP contribution in [-0.2, 0) is 6.54 Å². The van der Waals surface area contributed by atoms with Crippen molar-refractivity contribution in [1.82, 2.24) is 0 Å². The van der Waals surface area contributed by atoms with Gasteiger partial charge in [0.25, 0.3) is 0 Å². The molecule has 19 heavy (non-hydrogen) atoms. The standard InChI is InChI=1S/C15H16ClNO2/c16-14-8-4-5-12(11-17)15(14)19-10-9-18-13-6-2-1-3-7-13/h1-8H,9-11,17H2. The Labute approximate surface area is 117 Å². The minimum absolute atomic E-state index is 0.398. The van der Waals surface area contributed by atoms with E-state index in [2.05, 4.69) is 0 Å². The number of rotatable bonds is 6. The Morgan fingerprint density at radius 3 is 2.37 bits per heavy atom. The average Bonchev–Trinajstić information content (AvgIpc) is 2.46. The normalized spacial score (nSPS) is 10.2. The zero-order valence-electron chi connectivity index (χ0n) is 10.5. The minimum Gasteiger partial charge on any atom is -0.490 e. The Hall–Kier alpha value is -1.71. The maximum absolute atomic E-state index is 6.08. The van der Waals surface area contributed by atoms with Crippen molar-refractivity contribution in [1.29, 1.82) is 0 Å². The highest BCUT2D eigenvalue weighted by atomic mass is 35.5. The number of halogens is 1. The van der Waals surface area contributed by atoms with Crippen molar-refractivity contribution in [3.05, 3.63) is 59.1 Å². The van der Waals surface area contributed by atoms with Crippen molar-refractivity contribution in [2.75, 3.05) is 13.2 Å². The molecule has 2 rings (SSSR count). The van der Waals surface area contributed by atoms with E-state index in [0.717, 1.165) is 11.3 Å². The van der Waals surface area contributed by atoms with Crippen molar-refractivity contribution in [3.8, 4) is 11.5 Å². The Bertz CT molecular complexity index is 517. The van der Waals surface area contributed by atoms with Gasteiger partial charge in [0.2, 0.25) is 0 Å². The van der Waals surface area contributed by atoms with E-state index in [0.29, 0.717) is 30.5 Å². The molecule has 2 aromatic carbocycles. The number of hydrogen-bond acceptors (Lipinski definition) is 3. The van der Waals surface area contributed by atoms with E-state index in [-0.39, 0.29) is 0 Å². The monoisotopic (exact) mass is 277 g/mol. The molecule has 0 saturated heterocycles. The van der Waals surface area contributed by atoms with E-state index >= 15 is 0 Å². The summed E-state index contributed by atoms with van der Waals surface area (Å²) in [5, 5.41) is 0.572.